The molecule has 7 heteroatoms. The Morgan fingerprint density at radius 2 is 1.85 bits per heavy atom. The Balaban J connectivity index is 1.53. The van der Waals surface area contributed by atoms with Gasteiger partial charge in [0.05, 0.1) is 5.60 Å². The highest BCUT2D eigenvalue weighted by molar-refractivity contribution is 6.07. The lowest BCUT2D eigenvalue weighted by Gasteiger charge is -2.62. The lowest BCUT2D eigenvalue weighted by molar-refractivity contribution is -0.170. The summed E-state index contributed by atoms with van der Waals surface area (Å²) in [5.74, 6) is -0.188. The third-order valence-corrected chi connectivity index (χ3v) is 8.71. The monoisotopic (exact) mass is 463 g/mol. The molecule has 4 N–H and O–H groups in total. The number of rotatable bonds is 4. The number of hydrogen-bond acceptors (Lipinski definition) is 5. The molecule has 2 heterocycles. The molecule has 7 nitrogen and oxygen atoms in total. The predicted octanol–water partition coefficient (Wildman–Crippen LogP) is 2.77. The minimum atomic E-state index is -1.13. The van der Waals surface area contributed by atoms with Gasteiger partial charge in [0.1, 0.15) is 11.3 Å². The zero-order valence-electron chi connectivity index (χ0n) is 19.8. The van der Waals surface area contributed by atoms with E-state index in [0.717, 1.165) is 30.6 Å². The molecule has 4 unspecified atom stereocenters. The van der Waals surface area contributed by atoms with Gasteiger partial charge in [-0.1, -0.05) is 36.4 Å². The third kappa shape index (κ3) is 3.41. The maximum Gasteiger partial charge on any atom is 0.322 e. The van der Waals surface area contributed by atoms with E-state index in [2.05, 4.69) is 34.6 Å². The molecule has 180 valence electrons. The molecule has 3 aliphatic rings. The van der Waals surface area contributed by atoms with E-state index in [1.165, 1.54) is 5.56 Å². The van der Waals surface area contributed by atoms with Crippen LogP contribution in [-0.4, -0.2) is 57.3 Å². The van der Waals surface area contributed by atoms with E-state index in [1.54, 1.807) is 12.1 Å². The Kier molecular flexibility index (Phi) is 5.45. The van der Waals surface area contributed by atoms with Crippen LogP contribution < -0.4 is 10.6 Å². The molecule has 2 aromatic carbocycles. The maximum atomic E-state index is 12.9. The number of imide groups is 1. The number of likely N-dealkylation sites (tertiary alicyclic amines) is 1. The number of hydrogen-bond donors (Lipinski definition) is 4. The number of aryl methyl sites for hydroxylation is 1. The van der Waals surface area contributed by atoms with Gasteiger partial charge in [0, 0.05) is 18.0 Å². The number of piperidine rings is 1. The molecule has 1 aliphatic carbocycles. The van der Waals surface area contributed by atoms with Crippen molar-refractivity contribution in [3.05, 3.63) is 65.2 Å². The maximum absolute atomic E-state index is 12.9. The number of fused-ring (bicyclic) bond motifs is 1. The molecule has 0 bridgehead atoms. The van der Waals surface area contributed by atoms with Gasteiger partial charge in [-0.25, -0.2) is 4.79 Å². The molecule has 0 radical (unpaired) electrons. The van der Waals surface area contributed by atoms with Crippen molar-refractivity contribution in [2.24, 2.45) is 0 Å². The van der Waals surface area contributed by atoms with E-state index in [4.69, 9.17) is 0 Å². The number of aliphatic hydroxyl groups is 1. The minimum absolute atomic E-state index is 0.135. The summed E-state index contributed by atoms with van der Waals surface area (Å²) in [6, 6.07) is 14.9. The number of carbonyl (C=O) groups excluding carboxylic acids is 2. The number of nitrogens with one attached hydrogen (secondary N) is 2. The molecule has 1 saturated carbocycles. The minimum Gasteiger partial charge on any atom is -0.508 e. The molecule has 34 heavy (non-hydrogen) atoms. The molecular formula is C27H33N3O4. The number of phenols is 1. The van der Waals surface area contributed by atoms with Crippen molar-refractivity contribution in [2.75, 3.05) is 13.1 Å². The first-order valence-electron chi connectivity index (χ1n) is 12.1. The molecule has 0 aromatic heterocycles. The Hall–Kier alpha value is -2.90. The van der Waals surface area contributed by atoms with E-state index >= 15 is 0 Å². The Morgan fingerprint density at radius 1 is 1.09 bits per heavy atom. The quantitative estimate of drug-likeness (QED) is 0.523. The second-order valence-electron chi connectivity index (χ2n) is 10.4. The van der Waals surface area contributed by atoms with Gasteiger partial charge >= 0.3 is 6.03 Å². The van der Waals surface area contributed by atoms with Gasteiger partial charge in [0.25, 0.3) is 5.91 Å². The molecule has 2 saturated heterocycles. The Bertz CT molecular complexity index is 1120. The molecule has 4 atom stereocenters. The van der Waals surface area contributed by atoms with Crippen LogP contribution in [0.2, 0.25) is 0 Å². The smallest absolute Gasteiger partial charge is 0.322 e. The van der Waals surface area contributed by atoms with Gasteiger partial charge < -0.3 is 15.5 Å². The van der Waals surface area contributed by atoms with Crippen LogP contribution in [-0.2, 0) is 16.6 Å². The van der Waals surface area contributed by atoms with Crippen molar-refractivity contribution in [2.45, 2.75) is 68.5 Å². The first-order valence-corrected chi connectivity index (χ1v) is 12.1. The number of phenolic OH excluding ortho intramolecular Hbond substituents is 1. The van der Waals surface area contributed by atoms with Gasteiger partial charge in [0.2, 0.25) is 0 Å². The molecule has 3 fully saturated rings. The largest absolute Gasteiger partial charge is 0.508 e. The van der Waals surface area contributed by atoms with Gasteiger partial charge in [-0.05, 0) is 81.3 Å². The van der Waals surface area contributed by atoms with Crippen molar-refractivity contribution in [3.8, 4) is 5.75 Å². The van der Waals surface area contributed by atoms with Gasteiger partial charge in [-0.2, -0.15) is 0 Å². The summed E-state index contributed by atoms with van der Waals surface area (Å²) < 4.78 is 0. The fourth-order valence-corrected chi connectivity index (χ4v) is 6.78. The summed E-state index contributed by atoms with van der Waals surface area (Å²) in [4.78, 5) is 27.4. The predicted molar refractivity (Wildman–Crippen MR) is 129 cm³/mol. The standard InChI is InChI=1S/C27H33N3O4/c1-18-8-9-21(31)16-22(18)25-13-15-30(14-10-20-6-4-3-5-7-20)19(2)27(25,34)12-11-26(17-25)23(32)28-24(33)29-26/h3-9,16,19,31,34H,10-15,17H2,1-2H3,(H2,28,29,32,33). The average molecular weight is 464 g/mol. The van der Waals surface area contributed by atoms with Crippen LogP contribution in [0.3, 0.4) is 0 Å². The van der Waals surface area contributed by atoms with Crippen molar-refractivity contribution >= 4 is 11.9 Å². The van der Waals surface area contributed by atoms with Gasteiger partial charge in [-0.3, -0.25) is 15.0 Å². The van der Waals surface area contributed by atoms with Crippen LogP contribution in [0.1, 0.15) is 49.3 Å². The first kappa shape index (κ1) is 22.9. The molecule has 1 spiro atoms. The topological polar surface area (TPSA) is 102 Å². The number of benzene rings is 2. The summed E-state index contributed by atoms with van der Waals surface area (Å²) in [5.41, 5.74) is 0.119. The molecule has 2 aromatic rings. The first-order chi connectivity index (χ1) is 16.2. The zero-order valence-corrected chi connectivity index (χ0v) is 19.8. The van der Waals surface area contributed by atoms with Crippen molar-refractivity contribution in [3.63, 3.8) is 0 Å². The van der Waals surface area contributed by atoms with E-state index in [1.807, 2.05) is 31.2 Å². The number of urea groups is 1. The summed E-state index contributed by atoms with van der Waals surface area (Å²) in [5, 5.41) is 28.1. The van der Waals surface area contributed by atoms with Crippen LogP contribution in [0.15, 0.2) is 48.5 Å². The van der Waals surface area contributed by atoms with E-state index < -0.39 is 22.6 Å². The van der Waals surface area contributed by atoms with Crippen LogP contribution in [0.25, 0.3) is 0 Å². The second kappa shape index (κ2) is 8.10. The fraction of sp³-hybridized carbons (Fsp3) is 0.481. The van der Waals surface area contributed by atoms with E-state index in [-0.39, 0.29) is 17.7 Å². The van der Waals surface area contributed by atoms with Crippen LogP contribution in [0.5, 0.6) is 5.75 Å². The fourth-order valence-electron chi connectivity index (χ4n) is 6.78. The Labute approximate surface area is 200 Å². The molecule has 3 amide bonds. The summed E-state index contributed by atoms with van der Waals surface area (Å²) in [6.45, 7) is 5.62. The highest BCUT2D eigenvalue weighted by Gasteiger charge is 2.66. The van der Waals surface area contributed by atoms with Crippen molar-refractivity contribution < 1.29 is 19.8 Å². The molecular weight excluding hydrogens is 430 g/mol. The SMILES string of the molecule is Cc1ccc(O)cc1C12CCN(CCc3ccccc3)C(C)C1(O)CCC1(C2)NC(=O)NC1=O. The number of amides is 3. The average Bonchev–Trinajstić information content (AvgIpc) is 3.09. The summed E-state index contributed by atoms with van der Waals surface area (Å²) in [6.07, 6.45) is 2.56. The van der Waals surface area contributed by atoms with Crippen molar-refractivity contribution in [1.29, 1.82) is 0 Å². The van der Waals surface area contributed by atoms with Gasteiger partial charge in [-0.15, -0.1) is 0 Å². The van der Waals surface area contributed by atoms with Crippen LogP contribution in [0.4, 0.5) is 4.79 Å². The highest BCUT2D eigenvalue weighted by atomic mass is 16.3. The lowest BCUT2D eigenvalue weighted by Crippen LogP contribution is -2.73. The van der Waals surface area contributed by atoms with E-state index in [9.17, 15) is 19.8 Å². The van der Waals surface area contributed by atoms with Crippen LogP contribution >= 0.6 is 0 Å². The summed E-state index contributed by atoms with van der Waals surface area (Å²) >= 11 is 0. The lowest BCUT2D eigenvalue weighted by atomic mass is 9.49. The van der Waals surface area contributed by atoms with Crippen molar-refractivity contribution in [1.82, 2.24) is 15.5 Å². The van der Waals surface area contributed by atoms with E-state index in [0.29, 0.717) is 25.7 Å². The summed E-state index contributed by atoms with van der Waals surface area (Å²) in [7, 11) is 0. The van der Waals surface area contributed by atoms with Gasteiger partial charge in [0.15, 0.2) is 0 Å². The third-order valence-electron chi connectivity index (χ3n) is 8.71. The number of nitrogens with zero attached hydrogens (tertiary/aromatic N) is 1. The molecule has 2 aliphatic heterocycles. The Morgan fingerprint density at radius 3 is 2.56 bits per heavy atom. The highest BCUT2D eigenvalue weighted by Crippen LogP contribution is 2.57. The normalized spacial score (nSPS) is 33.4. The second-order valence-corrected chi connectivity index (χ2v) is 10.4. The molecule has 5 rings (SSSR count). The number of carbonyl (C=O) groups is 2. The zero-order chi connectivity index (χ0) is 24.1. The van der Waals surface area contributed by atoms with Crippen LogP contribution in [0, 0.1) is 6.92 Å². The number of aromatic hydroxyl groups is 1.